The second-order valence-electron chi connectivity index (χ2n) is 11.4. The molecule has 3 aromatic carbocycles. The molecule has 8 heteroatoms. The first-order valence-electron chi connectivity index (χ1n) is 14.8. The quantitative estimate of drug-likeness (QED) is 0.299. The Morgan fingerprint density at radius 3 is 2.21 bits per heavy atom. The van der Waals surface area contributed by atoms with Gasteiger partial charge in [0, 0.05) is 38.0 Å². The first-order valence-corrected chi connectivity index (χ1v) is 14.8. The summed E-state index contributed by atoms with van der Waals surface area (Å²) in [5.41, 5.74) is 4.68. The Bertz CT molecular complexity index is 1430. The van der Waals surface area contributed by atoms with E-state index >= 15 is 0 Å². The van der Waals surface area contributed by atoms with Crippen LogP contribution in [0.3, 0.4) is 0 Å². The molecule has 1 fully saturated rings. The summed E-state index contributed by atoms with van der Waals surface area (Å²) in [6.45, 7) is 10.7. The van der Waals surface area contributed by atoms with Gasteiger partial charge in [-0.2, -0.15) is 0 Å². The molecule has 0 aliphatic carbocycles. The number of nitrogens with zero attached hydrogens (tertiary/aromatic N) is 1. The lowest BCUT2D eigenvalue weighted by atomic mass is 9.82. The highest BCUT2D eigenvalue weighted by molar-refractivity contribution is 5.94. The summed E-state index contributed by atoms with van der Waals surface area (Å²) in [7, 11) is 0. The number of carbonyl (C=O) groups excluding carboxylic acids is 1. The van der Waals surface area contributed by atoms with Crippen molar-refractivity contribution in [3.8, 4) is 17.2 Å². The zero-order valence-electron chi connectivity index (χ0n) is 25.0. The van der Waals surface area contributed by atoms with E-state index in [0.717, 1.165) is 40.8 Å². The fourth-order valence-electron chi connectivity index (χ4n) is 6.29. The fourth-order valence-corrected chi connectivity index (χ4v) is 6.29. The minimum Gasteiger partial charge on any atom is -0.494 e. The number of rotatable bonds is 10. The van der Waals surface area contributed by atoms with Crippen molar-refractivity contribution in [2.45, 2.75) is 65.2 Å². The van der Waals surface area contributed by atoms with E-state index in [1.807, 2.05) is 86.3 Å². The molecular weight excluding hydrogens is 532 g/mol. The van der Waals surface area contributed by atoms with E-state index < -0.39 is 23.7 Å². The van der Waals surface area contributed by atoms with Crippen LogP contribution in [0.5, 0.6) is 17.2 Å². The van der Waals surface area contributed by atoms with Gasteiger partial charge in [0.2, 0.25) is 11.7 Å². The number of ether oxygens (including phenoxy) is 3. The van der Waals surface area contributed by atoms with Crippen molar-refractivity contribution in [2.75, 3.05) is 25.0 Å². The Morgan fingerprint density at radius 1 is 0.952 bits per heavy atom. The molecular formula is C34H40N2O6. The third kappa shape index (κ3) is 5.95. The number of hydrogen-bond acceptors (Lipinski definition) is 6. The van der Waals surface area contributed by atoms with Gasteiger partial charge in [-0.15, -0.1) is 0 Å². The van der Waals surface area contributed by atoms with Crippen LogP contribution in [0.2, 0.25) is 0 Å². The minimum absolute atomic E-state index is 0.0525. The van der Waals surface area contributed by atoms with Crippen molar-refractivity contribution < 1.29 is 28.9 Å². The van der Waals surface area contributed by atoms with Crippen molar-refractivity contribution >= 4 is 17.6 Å². The normalized spacial score (nSPS) is 20.8. The largest absolute Gasteiger partial charge is 0.494 e. The summed E-state index contributed by atoms with van der Waals surface area (Å²) >= 11 is 0. The Kier molecular flexibility index (Phi) is 8.45. The molecule has 0 spiro atoms. The maximum atomic E-state index is 13.6. The molecule has 2 N–H and O–H groups in total. The number of nitrogens with one attached hydrogen (secondary N) is 1. The molecule has 222 valence electrons. The van der Waals surface area contributed by atoms with Gasteiger partial charge in [0.1, 0.15) is 5.75 Å². The maximum Gasteiger partial charge on any atom is 0.309 e. The summed E-state index contributed by atoms with van der Waals surface area (Å²) in [6.07, 6.45) is 1.60. The van der Waals surface area contributed by atoms with E-state index in [1.165, 1.54) is 0 Å². The van der Waals surface area contributed by atoms with Gasteiger partial charge in [-0.1, -0.05) is 50.2 Å². The lowest BCUT2D eigenvalue weighted by Gasteiger charge is -2.27. The number of para-hydroxylation sites is 1. The van der Waals surface area contributed by atoms with Crippen molar-refractivity contribution in [1.82, 2.24) is 4.90 Å². The highest BCUT2D eigenvalue weighted by atomic mass is 16.7. The standard InChI is InChI=1S/C34H40N2O6/c1-6-21-10-9-11-22(7-2)31(21)35-29(37)20-36-19-26(24-14-17-27-28(18-24)42-34(4,5)41-27)30(33(38)39)32(36)23-12-15-25(16-13-23)40-8-3/h9-18,26,30,32H,6-8,19-20H2,1-5H3,(H,35,37)(H,38,39)/t26-,30?,32+/m1/s1. The van der Waals surface area contributed by atoms with Crippen molar-refractivity contribution in [3.05, 3.63) is 82.9 Å². The van der Waals surface area contributed by atoms with Gasteiger partial charge in [-0.3, -0.25) is 14.5 Å². The molecule has 3 atom stereocenters. The lowest BCUT2D eigenvalue weighted by Crippen LogP contribution is -2.35. The second kappa shape index (κ2) is 12.1. The first kappa shape index (κ1) is 29.5. The highest BCUT2D eigenvalue weighted by Crippen LogP contribution is 2.48. The molecule has 5 rings (SSSR count). The number of hydrogen-bond donors (Lipinski definition) is 2. The van der Waals surface area contributed by atoms with Crippen LogP contribution in [0.25, 0.3) is 0 Å². The van der Waals surface area contributed by atoms with Crippen molar-refractivity contribution in [3.63, 3.8) is 0 Å². The average molecular weight is 573 g/mol. The highest BCUT2D eigenvalue weighted by Gasteiger charge is 2.48. The molecule has 3 aromatic rings. The fraction of sp³-hybridized carbons (Fsp3) is 0.412. The lowest BCUT2D eigenvalue weighted by molar-refractivity contribution is -0.143. The van der Waals surface area contributed by atoms with Gasteiger partial charge in [-0.25, -0.2) is 0 Å². The molecule has 1 amide bonds. The Hall–Kier alpha value is -4.04. The predicted octanol–water partition coefficient (Wildman–Crippen LogP) is 6.20. The van der Waals surface area contributed by atoms with E-state index in [4.69, 9.17) is 14.2 Å². The van der Waals surface area contributed by atoms with Crippen LogP contribution in [-0.2, 0) is 22.4 Å². The van der Waals surface area contributed by atoms with E-state index in [2.05, 4.69) is 19.2 Å². The number of aliphatic carboxylic acids is 1. The summed E-state index contributed by atoms with van der Waals surface area (Å²) in [5, 5.41) is 13.8. The smallest absolute Gasteiger partial charge is 0.309 e. The number of carbonyl (C=O) groups is 2. The van der Waals surface area contributed by atoms with Crippen LogP contribution < -0.4 is 19.5 Å². The number of fused-ring (bicyclic) bond motifs is 1. The molecule has 2 heterocycles. The predicted molar refractivity (Wildman–Crippen MR) is 161 cm³/mol. The Morgan fingerprint density at radius 2 is 1.60 bits per heavy atom. The van der Waals surface area contributed by atoms with Crippen molar-refractivity contribution in [2.24, 2.45) is 5.92 Å². The van der Waals surface area contributed by atoms with E-state index in [9.17, 15) is 14.7 Å². The number of anilines is 1. The summed E-state index contributed by atoms with van der Waals surface area (Å²) < 4.78 is 17.5. The summed E-state index contributed by atoms with van der Waals surface area (Å²) in [5.74, 6) is -1.09. The van der Waals surface area contributed by atoms with Gasteiger partial charge in [0.25, 0.3) is 0 Å². The van der Waals surface area contributed by atoms with Gasteiger partial charge >= 0.3 is 5.97 Å². The van der Waals surface area contributed by atoms with Crippen LogP contribution in [0.15, 0.2) is 60.7 Å². The van der Waals surface area contributed by atoms with Gasteiger partial charge < -0.3 is 24.6 Å². The Labute approximate surface area is 247 Å². The van der Waals surface area contributed by atoms with Crippen LogP contribution in [-0.4, -0.2) is 47.4 Å². The van der Waals surface area contributed by atoms with E-state index in [1.54, 1.807) is 0 Å². The van der Waals surface area contributed by atoms with Gasteiger partial charge in [0.15, 0.2) is 11.5 Å². The molecule has 2 aliphatic heterocycles. The second-order valence-corrected chi connectivity index (χ2v) is 11.4. The molecule has 0 bridgehead atoms. The summed E-state index contributed by atoms with van der Waals surface area (Å²) in [4.78, 5) is 28.6. The summed E-state index contributed by atoms with van der Waals surface area (Å²) in [6, 6.07) is 18.7. The number of likely N-dealkylation sites (tertiary alicyclic amines) is 1. The number of amides is 1. The van der Waals surface area contributed by atoms with Gasteiger partial charge in [0.05, 0.1) is 19.1 Å². The molecule has 1 saturated heterocycles. The molecule has 1 unspecified atom stereocenters. The van der Waals surface area contributed by atoms with E-state index in [-0.39, 0.29) is 18.4 Å². The number of carboxylic acids is 1. The number of benzene rings is 3. The van der Waals surface area contributed by atoms with Crippen molar-refractivity contribution in [1.29, 1.82) is 0 Å². The molecule has 0 saturated carbocycles. The van der Waals surface area contributed by atoms with Crippen LogP contribution in [0.4, 0.5) is 5.69 Å². The molecule has 42 heavy (non-hydrogen) atoms. The van der Waals surface area contributed by atoms with Gasteiger partial charge in [-0.05, 0) is 66.3 Å². The molecule has 0 aromatic heterocycles. The number of aryl methyl sites for hydroxylation is 2. The molecule has 0 radical (unpaired) electrons. The monoisotopic (exact) mass is 572 g/mol. The zero-order valence-corrected chi connectivity index (χ0v) is 25.0. The van der Waals surface area contributed by atoms with Crippen LogP contribution in [0.1, 0.15) is 68.8 Å². The third-order valence-electron chi connectivity index (χ3n) is 8.13. The minimum atomic E-state index is -0.913. The van der Waals surface area contributed by atoms with Crippen LogP contribution >= 0.6 is 0 Å². The topological polar surface area (TPSA) is 97.3 Å². The van der Waals surface area contributed by atoms with Crippen LogP contribution in [0, 0.1) is 5.92 Å². The third-order valence-corrected chi connectivity index (χ3v) is 8.13. The maximum absolute atomic E-state index is 13.6. The number of carboxylic acid groups (broad SMARTS) is 1. The zero-order chi connectivity index (χ0) is 30.0. The molecule has 2 aliphatic rings. The SMILES string of the molecule is CCOc1ccc([C@H]2C(C(=O)O)[C@@H](c3ccc4c(c3)OC(C)(C)O4)CN2CC(=O)Nc2c(CC)cccc2CC)cc1. The van der Waals surface area contributed by atoms with E-state index in [0.29, 0.717) is 30.4 Å². The first-order chi connectivity index (χ1) is 20.1. The Balaban J connectivity index is 1.49. The average Bonchev–Trinajstić information content (AvgIpc) is 3.49. The molecule has 8 nitrogen and oxygen atoms in total.